The molecule has 6 nitrogen and oxygen atoms in total. The molecule has 0 aromatic heterocycles. The maximum atomic E-state index is 10.8. The summed E-state index contributed by atoms with van der Waals surface area (Å²) >= 11 is 3.25. The summed E-state index contributed by atoms with van der Waals surface area (Å²) in [4.78, 5) is 21.1. The van der Waals surface area contributed by atoms with Crippen molar-refractivity contribution >= 4 is 33.3 Å². The summed E-state index contributed by atoms with van der Waals surface area (Å²) in [6.07, 6.45) is -0.0600. The van der Waals surface area contributed by atoms with Gasteiger partial charge in [0, 0.05) is 27.3 Å². The summed E-state index contributed by atoms with van der Waals surface area (Å²) < 4.78 is 0.531. The Morgan fingerprint density at radius 2 is 2.11 bits per heavy atom. The average molecular weight is 331 g/mol. The second kappa shape index (κ2) is 5.56. The number of hydrogen-bond acceptors (Lipinski definition) is 4. The molecule has 1 aromatic carbocycles. The van der Waals surface area contributed by atoms with E-state index in [4.69, 9.17) is 5.11 Å². The summed E-state index contributed by atoms with van der Waals surface area (Å²) in [5, 5.41) is 22.7. The molecule has 7 heteroatoms. The number of nitro benzene ring substituents is 1. The number of halogens is 1. The van der Waals surface area contributed by atoms with Gasteiger partial charge in [-0.1, -0.05) is 0 Å². The molecular formula is C12H15BrN2O4. The van der Waals surface area contributed by atoms with E-state index < -0.39 is 16.4 Å². The molecule has 0 radical (unpaired) electrons. The van der Waals surface area contributed by atoms with Gasteiger partial charge in [-0.15, -0.1) is 0 Å². The Bertz CT molecular complexity index is 529. The van der Waals surface area contributed by atoms with Crippen molar-refractivity contribution in [2.45, 2.75) is 32.7 Å². The summed E-state index contributed by atoms with van der Waals surface area (Å²) in [5.74, 6) is -0.910. The normalized spacial score (nSPS) is 11.2. The van der Waals surface area contributed by atoms with Crippen LogP contribution < -0.4 is 5.32 Å². The number of carboxylic acids is 1. The number of aliphatic carboxylic acids is 1. The monoisotopic (exact) mass is 330 g/mol. The van der Waals surface area contributed by atoms with Crippen molar-refractivity contribution in [1.29, 1.82) is 0 Å². The van der Waals surface area contributed by atoms with Gasteiger partial charge in [0.25, 0.3) is 5.69 Å². The van der Waals surface area contributed by atoms with Crippen LogP contribution in [0.1, 0.15) is 25.8 Å². The van der Waals surface area contributed by atoms with Gasteiger partial charge < -0.3 is 10.4 Å². The van der Waals surface area contributed by atoms with Crippen molar-refractivity contribution < 1.29 is 14.8 Å². The van der Waals surface area contributed by atoms with E-state index in [0.29, 0.717) is 15.7 Å². The molecule has 0 aliphatic rings. The number of nitro groups is 1. The molecular weight excluding hydrogens is 316 g/mol. The summed E-state index contributed by atoms with van der Waals surface area (Å²) in [6, 6.07) is 3.04. The molecule has 0 aliphatic heterocycles. The molecule has 0 spiro atoms. The van der Waals surface area contributed by atoms with Gasteiger partial charge in [-0.25, -0.2) is 0 Å². The molecule has 0 saturated carbocycles. The zero-order valence-corrected chi connectivity index (χ0v) is 12.4. The van der Waals surface area contributed by atoms with Crippen molar-refractivity contribution in [3.05, 3.63) is 32.3 Å². The fourth-order valence-corrected chi connectivity index (χ4v) is 2.18. The van der Waals surface area contributed by atoms with Gasteiger partial charge in [0.15, 0.2) is 0 Å². The quantitative estimate of drug-likeness (QED) is 0.638. The first kappa shape index (κ1) is 15.4. The van der Waals surface area contributed by atoms with Crippen molar-refractivity contribution in [3.8, 4) is 0 Å². The lowest BCUT2D eigenvalue weighted by Crippen LogP contribution is -2.33. The molecule has 0 atom stereocenters. The molecule has 0 saturated heterocycles. The molecule has 104 valence electrons. The van der Waals surface area contributed by atoms with E-state index >= 15 is 0 Å². The van der Waals surface area contributed by atoms with Gasteiger partial charge >= 0.3 is 5.97 Å². The number of hydrogen-bond donors (Lipinski definition) is 2. The van der Waals surface area contributed by atoms with Gasteiger partial charge in [-0.2, -0.15) is 0 Å². The van der Waals surface area contributed by atoms with Crippen LogP contribution in [0.2, 0.25) is 0 Å². The van der Waals surface area contributed by atoms with Crippen LogP contribution in [0.4, 0.5) is 11.4 Å². The fourth-order valence-electron chi connectivity index (χ4n) is 1.75. The molecule has 0 heterocycles. The lowest BCUT2D eigenvalue weighted by atomic mass is 10.00. The van der Waals surface area contributed by atoms with E-state index in [1.807, 2.05) is 0 Å². The Hall–Kier alpha value is -1.63. The van der Waals surface area contributed by atoms with E-state index in [9.17, 15) is 14.9 Å². The Morgan fingerprint density at radius 1 is 1.53 bits per heavy atom. The number of carbonyl (C=O) groups is 1. The largest absolute Gasteiger partial charge is 0.481 e. The minimum absolute atomic E-state index is 0.0217. The SMILES string of the molecule is Cc1cc(NC(C)(C)CC(=O)O)c(Br)cc1[N+](=O)[O-]. The third kappa shape index (κ3) is 4.20. The van der Waals surface area contributed by atoms with E-state index in [1.165, 1.54) is 6.07 Å². The van der Waals surface area contributed by atoms with Crippen LogP contribution in [0.5, 0.6) is 0 Å². The topological polar surface area (TPSA) is 92.5 Å². The number of rotatable bonds is 5. The molecule has 0 aliphatic carbocycles. The second-order valence-corrected chi connectivity index (χ2v) is 5.81. The number of nitrogens with one attached hydrogen (secondary N) is 1. The molecule has 1 rings (SSSR count). The first-order chi connectivity index (χ1) is 8.62. The molecule has 19 heavy (non-hydrogen) atoms. The second-order valence-electron chi connectivity index (χ2n) is 4.96. The van der Waals surface area contributed by atoms with Gasteiger partial charge in [0.2, 0.25) is 0 Å². The number of nitrogens with zero attached hydrogens (tertiary/aromatic N) is 1. The predicted octanol–water partition coefficient (Wildman–Crippen LogP) is 3.33. The van der Waals surface area contributed by atoms with Gasteiger partial charge in [0.1, 0.15) is 0 Å². The van der Waals surface area contributed by atoms with Crippen LogP contribution in [0.25, 0.3) is 0 Å². The van der Waals surface area contributed by atoms with Crippen LogP contribution in [-0.2, 0) is 4.79 Å². The maximum Gasteiger partial charge on any atom is 0.305 e. The van der Waals surface area contributed by atoms with Gasteiger partial charge in [-0.05, 0) is 42.8 Å². The number of anilines is 1. The van der Waals surface area contributed by atoms with Crippen molar-refractivity contribution in [2.24, 2.45) is 0 Å². The molecule has 1 aromatic rings. The lowest BCUT2D eigenvalue weighted by Gasteiger charge is -2.26. The third-order valence-electron chi connectivity index (χ3n) is 2.55. The fraction of sp³-hybridized carbons (Fsp3) is 0.417. The summed E-state index contributed by atoms with van der Waals surface area (Å²) in [6.45, 7) is 5.15. The number of aryl methyl sites for hydroxylation is 1. The van der Waals surface area contributed by atoms with Crippen LogP contribution in [0.3, 0.4) is 0 Å². The highest BCUT2D eigenvalue weighted by Gasteiger charge is 2.23. The minimum Gasteiger partial charge on any atom is -0.481 e. The maximum absolute atomic E-state index is 10.8. The highest BCUT2D eigenvalue weighted by Crippen LogP contribution is 2.32. The van der Waals surface area contributed by atoms with Crippen molar-refractivity contribution in [1.82, 2.24) is 0 Å². The highest BCUT2D eigenvalue weighted by atomic mass is 79.9. The molecule has 0 fully saturated rings. The standard InChI is InChI=1S/C12H15BrN2O4/c1-7-4-9(8(13)5-10(7)15(18)19)14-12(2,3)6-11(16)17/h4-5,14H,6H2,1-3H3,(H,16,17). The zero-order valence-electron chi connectivity index (χ0n) is 10.9. The Morgan fingerprint density at radius 3 is 2.58 bits per heavy atom. The van der Waals surface area contributed by atoms with E-state index in [1.54, 1.807) is 26.8 Å². The minimum atomic E-state index is -0.910. The predicted molar refractivity (Wildman–Crippen MR) is 75.5 cm³/mol. The number of carboxylic acid groups (broad SMARTS) is 1. The number of benzene rings is 1. The van der Waals surface area contributed by atoms with Crippen molar-refractivity contribution in [3.63, 3.8) is 0 Å². The van der Waals surface area contributed by atoms with Gasteiger partial charge in [0.05, 0.1) is 11.3 Å². The van der Waals surface area contributed by atoms with Crippen LogP contribution in [-0.4, -0.2) is 21.5 Å². The van der Waals surface area contributed by atoms with Crippen LogP contribution in [0.15, 0.2) is 16.6 Å². The van der Waals surface area contributed by atoms with E-state index in [0.717, 1.165) is 0 Å². The third-order valence-corrected chi connectivity index (χ3v) is 3.20. The molecule has 2 N–H and O–H groups in total. The highest BCUT2D eigenvalue weighted by molar-refractivity contribution is 9.10. The van der Waals surface area contributed by atoms with E-state index in [2.05, 4.69) is 21.2 Å². The summed E-state index contributed by atoms with van der Waals surface area (Å²) in [5.41, 5.74) is 0.515. The summed E-state index contributed by atoms with van der Waals surface area (Å²) in [7, 11) is 0. The van der Waals surface area contributed by atoms with Gasteiger partial charge in [-0.3, -0.25) is 14.9 Å². The Kier molecular flexibility index (Phi) is 4.52. The first-order valence-corrected chi connectivity index (χ1v) is 6.36. The Balaban J connectivity index is 3.06. The molecule has 0 amide bonds. The average Bonchev–Trinajstić information content (AvgIpc) is 2.19. The lowest BCUT2D eigenvalue weighted by molar-refractivity contribution is -0.385. The Labute approximate surface area is 119 Å². The van der Waals surface area contributed by atoms with Crippen molar-refractivity contribution in [2.75, 3.05) is 5.32 Å². The van der Waals surface area contributed by atoms with E-state index in [-0.39, 0.29) is 12.1 Å². The van der Waals surface area contributed by atoms with Crippen LogP contribution >= 0.6 is 15.9 Å². The molecule has 0 unspecified atom stereocenters. The zero-order chi connectivity index (χ0) is 14.8. The smallest absolute Gasteiger partial charge is 0.305 e. The van der Waals surface area contributed by atoms with Crippen LogP contribution in [0, 0.1) is 17.0 Å². The molecule has 0 bridgehead atoms. The first-order valence-electron chi connectivity index (χ1n) is 5.57.